The molecule has 0 saturated heterocycles. The van der Waals surface area contributed by atoms with Crippen molar-refractivity contribution in [3.8, 4) is 0 Å². The Morgan fingerprint density at radius 2 is 1.88 bits per heavy atom. The fourth-order valence-corrected chi connectivity index (χ4v) is 2.39. The number of rotatable bonds is 6. The van der Waals surface area contributed by atoms with E-state index in [1.807, 2.05) is 0 Å². The third-order valence-electron chi connectivity index (χ3n) is 3.39. The lowest BCUT2D eigenvalue weighted by atomic mass is 9.99. The molecule has 0 aromatic heterocycles. The van der Waals surface area contributed by atoms with Gasteiger partial charge in [0.05, 0.1) is 0 Å². The highest BCUT2D eigenvalue weighted by Gasteiger charge is 2.31. The van der Waals surface area contributed by atoms with Crippen molar-refractivity contribution in [3.05, 3.63) is 35.4 Å². The molecule has 0 amide bonds. The molecule has 1 heteroatoms. The first-order chi connectivity index (χ1) is 7.85. The molecule has 88 valence electrons. The first kappa shape index (κ1) is 11.7. The minimum atomic E-state index is 0.598. The van der Waals surface area contributed by atoms with E-state index in [1.165, 1.54) is 36.8 Å². The summed E-state index contributed by atoms with van der Waals surface area (Å²) in [7, 11) is 0. The SMILES string of the molecule is CCCc1ccc(C(NCC)C2CC2)cc1. The van der Waals surface area contributed by atoms with Gasteiger partial charge >= 0.3 is 0 Å². The van der Waals surface area contributed by atoms with Gasteiger partial charge in [-0.3, -0.25) is 0 Å². The Balaban J connectivity index is 2.05. The Morgan fingerprint density at radius 1 is 1.19 bits per heavy atom. The van der Waals surface area contributed by atoms with Gasteiger partial charge in [0.2, 0.25) is 0 Å². The quantitative estimate of drug-likeness (QED) is 0.766. The van der Waals surface area contributed by atoms with Crippen LogP contribution in [0.15, 0.2) is 24.3 Å². The summed E-state index contributed by atoms with van der Waals surface area (Å²) in [6.45, 7) is 5.50. The van der Waals surface area contributed by atoms with Crippen LogP contribution in [0.3, 0.4) is 0 Å². The van der Waals surface area contributed by atoms with Gasteiger partial charge in [-0.2, -0.15) is 0 Å². The predicted molar refractivity (Wildman–Crippen MR) is 69.6 cm³/mol. The molecular weight excluding hydrogens is 194 g/mol. The van der Waals surface area contributed by atoms with Crippen LogP contribution in [-0.2, 0) is 6.42 Å². The molecular formula is C15H23N. The van der Waals surface area contributed by atoms with Gasteiger partial charge in [-0.1, -0.05) is 44.5 Å². The van der Waals surface area contributed by atoms with E-state index in [9.17, 15) is 0 Å². The summed E-state index contributed by atoms with van der Waals surface area (Å²) in [5, 5.41) is 3.61. The van der Waals surface area contributed by atoms with Crippen LogP contribution in [0.25, 0.3) is 0 Å². The highest BCUT2D eigenvalue weighted by atomic mass is 14.9. The van der Waals surface area contributed by atoms with Crippen LogP contribution in [0.5, 0.6) is 0 Å². The second kappa shape index (κ2) is 5.49. The Morgan fingerprint density at radius 3 is 2.38 bits per heavy atom. The molecule has 1 aromatic carbocycles. The minimum Gasteiger partial charge on any atom is -0.310 e. The highest BCUT2D eigenvalue weighted by Crippen LogP contribution is 2.40. The maximum atomic E-state index is 3.61. The van der Waals surface area contributed by atoms with Gasteiger partial charge in [0.25, 0.3) is 0 Å². The van der Waals surface area contributed by atoms with Crippen LogP contribution in [0.1, 0.15) is 50.3 Å². The molecule has 0 bridgehead atoms. The van der Waals surface area contributed by atoms with Gasteiger partial charge in [0, 0.05) is 6.04 Å². The highest BCUT2D eigenvalue weighted by molar-refractivity contribution is 5.26. The minimum absolute atomic E-state index is 0.598. The van der Waals surface area contributed by atoms with E-state index in [0.29, 0.717) is 6.04 Å². The first-order valence-electron chi connectivity index (χ1n) is 6.67. The number of aryl methyl sites for hydroxylation is 1. The van der Waals surface area contributed by atoms with Gasteiger partial charge in [-0.05, 0) is 42.9 Å². The fraction of sp³-hybridized carbons (Fsp3) is 0.600. The zero-order chi connectivity index (χ0) is 11.4. The smallest absolute Gasteiger partial charge is 0.0348 e. The monoisotopic (exact) mass is 217 g/mol. The van der Waals surface area contributed by atoms with E-state index in [2.05, 4.69) is 43.4 Å². The van der Waals surface area contributed by atoms with E-state index in [1.54, 1.807) is 0 Å². The van der Waals surface area contributed by atoms with Gasteiger partial charge < -0.3 is 5.32 Å². The number of nitrogens with one attached hydrogen (secondary N) is 1. The van der Waals surface area contributed by atoms with Crippen LogP contribution in [0, 0.1) is 5.92 Å². The van der Waals surface area contributed by atoms with Gasteiger partial charge in [0.1, 0.15) is 0 Å². The van der Waals surface area contributed by atoms with Crippen molar-refractivity contribution in [2.45, 2.75) is 45.6 Å². The van der Waals surface area contributed by atoms with E-state index in [0.717, 1.165) is 12.5 Å². The lowest BCUT2D eigenvalue weighted by molar-refractivity contribution is 0.496. The first-order valence-corrected chi connectivity index (χ1v) is 6.67. The normalized spacial score (nSPS) is 17.4. The number of benzene rings is 1. The van der Waals surface area contributed by atoms with Crippen molar-refractivity contribution >= 4 is 0 Å². The lowest BCUT2D eigenvalue weighted by Crippen LogP contribution is -2.22. The van der Waals surface area contributed by atoms with E-state index in [-0.39, 0.29) is 0 Å². The Kier molecular flexibility index (Phi) is 4.00. The standard InChI is InChI=1S/C15H23N/c1-3-5-12-6-8-13(9-7-12)15(16-4-2)14-10-11-14/h6-9,14-16H,3-5,10-11H2,1-2H3. The van der Waals surface area contributed by atoms with Crippen LogP contribution < -0.4 is 5.32 Å². The molecule has 1 fully saturated rings. The van der Waals surface area contributed by atoms with Crippen molar-refractivity contribution in [1.29, 1.82) is 0 Å². The summed E-state index contributed by atoms with van der Waals surface area (Å²) in [6.07, 6.45) is 5.23. The second-order valence-electron chi connectivity index (χ2n) is 4.86. The maximum absolute atomic E-state index is 3.61. The van der Waals surface area contributed by atoms with Gasteiger partial charge in [-0.25, -0.2) is 0 Å². The van der Waals surface area contributed by atoms with Crippen LogP contribution >= 0.6 is 0 Å². The maximum Gasteiger partial charge on any atom is 0.0348 e. The molecule has 0 heterocycles. The van der Waals surface area contributed by atoms with Crippen molar-refractivity contribution in [2.24, 2.45) is 5.92 Å². The Bertz CT molecular complexity index is 311. The Labute approximate surface area is 99.3 Å². The summed E-state index contributed by atoms with van der Waals surface area (Å²) in [5.41, 5.74) is 2.95. The summed E-state index contributed by atoms with van der Waals surface area (Å²) in [4.78, 5) is 0. The van der Waals surface area contributed by atoms with Gasteiger partial charge in [0.15, 0.2) is 0 Å². The summed E-state index contributed by atoms with van der Waals surface area (Å²) in [6, 6.07) is 9.82. The van der Waals surface area contributed by atoms with Gasteiger partial charge in [-0.15, -0.1) is 0 Å². The van der Waals surface area contributed by atoms with Crippen LogP contribution in [0.2, 0.25) is 0 Å². The summed E-state index contributed by atoms with van der Waals surface area (Å²) < 4.78 is 0. The molecule has 0 spiro atoms. The third kappa shape index (κ3) is 2.85. The molecule has 0 radical (unpaired) electrons. The molecule has 1 aliphatic carbocycles. The molecule has 1 aliphatic rings. The molecule has 1 atom stereocenters. The van der Waals surface area contributed by atoms with Crippen molar-refractivity contribution in [2.75, 3.05) is 6.54 Å². The zero-order valence-corrected chi connectivity index (χ0v) is 10.5. The molecule has 16 heavy (non-hydrogen) atoms. The van der Waals surface area contributed by atoms with Crippen molar-refractivity contribution < 1.29 is 0 Å². The van der Waals surface area contributed by atoms with Crippen molar-refractivity contribution in [1.82, 2.24) is 5.32 Å². The molecule has 1 saturated carbocycles. The summed E-state index contributed by atoms with van der Waals surface area (Å²) in [5.74, 6) is 0.886. The molecule has 1 unspecified atom stereocenters. The average Bonchev–Trinajstić information content (AvgIpc) is 3.12. The lowest BCUT2D eigenvalue weighted by Gasteiger charge is -2.18. The van der Waals surface area contributed by atoms with Crippen molar-refractivity contribution in [3.63, 3.8) is 0 Å². The van der Waals surface area contributed by atoms with E-state index in [4.69, 9.17) is 0 Å². The van der Waals surface area contributed by atoms with Crippen LogP contribution in [0.4, 0.5) is 0 Å². The molecule has 2 rings (SSSR count). The number of hydrogen-bond acceptors (Lipinski definition) is 1. The molecule has 1 aromatic rings. The predicted octanol–water partition coefficient (Wildman–Crippen LogP) is 3.70. The largest absolute Gasteiger partial charge is 0.310 e. The second-order valence-corrected chi connectivity index (χ2v) is 4.86. The van der Waals surface area contributed by atoms with E-state index >= 15 is 0 Å². The third-order valence-corrected chi connectivity index (χ3v) is 3.39. The topological polar surface area (TPSA) is 12.0 Å². The molecule has 1 N–H and O–H groups in total. The Hall–Kier alpha value is -0.820. The fourth-order valence-electron chi connectivity index (χ4n) is 2.39. The van der Waals surface area contributed by atoms with E-state index < -0.39 is 0 Å². The molecule has 0 aliphatic heterocycles. The summed E-state index contributed by atoms with van der Waals surface area (Å²) >= 11 is 0. The zero-order valence-electron chi connectivity index (χ0n) is 10.5. The van der Waals surface area contributed by atoms with Crippen LogP contribution in [-0.4, -0.2) is 6.54 Å². The molecule has 1 nitrogen and oxygen atoms in total. The number of hydrogen-bond donors (Lipinski definition) is 1. The average molecular weight is 217 g/mol.